The molecule has 1 aliphatic heterocycles. The van der Waals surface area contributed by atoms with Gasteiger partial charge in [-0.2, -0.15) is 0 Å². The molecule has 1 aromatic rings. The summed E-state index contributed by atoms with van der Waals surface area (Å²) in [6.07, 6.45) is 3.22. The van der Waals surface area contributed by atoms with Gasteiger partial charge in [0.15, 0.2) is 0 Å². The van der Waals surface area contributed by atoms with Gasteiger partial charge in [0, 0.05) is 12.5 Å². The van der Waals surface area contributed by atoms with Crippen LogP contribution in [0.3, 0.4) is 0 Å². The van der Waals surface area contributed by atoms with E-state index in [0.717, 1.165) is 24.8 Å². The SMILES string of the molecule is CC1(c2ccccc2)CC(=O)N(C2CCCC2CN)C1=O. The molecule has 1 saturated carbocycles. The highest BCUT2D eigenvalue weighted by atomic mass is 16.2. The van der Waals surface area contributed by atoms with E-state index in [4.69, 9.17) is 5.73 Å². The fourth-order valence-electron chi connectivity index (χ4n) is 3.84. The number of benzene rings is 1. The van der Waals surface area contributed by atoms with E-state index in [1.54, 1.807) is 0 Å². The predicted molar refractivity (Wildman–Crippen MR) is 80.4 cm³/mol. The molecule has 4 nitrogen and oxygen atoms in total. The molecule has 3 atom stereocenters. The number of nitrogens with zero attached hydrogens (tertiary/aromatic N) is 1. The van der Waals surface area contributed by atoms with E-state index in [1.165, 1.54) is 4.90 Å². The van der Waals surface area contributed by atoms with Crippen LogP contribution >= 0.6 is 0 Å². The number of hydrogen-bond donors (Lipinski definition) is 1. The molecular weight excluding hydrogens is 264 g/mol. The monoisotopic (exact) mass is 286 g/mol. The van der Waals surface area contributed by atoms with Crippen molar-refractivity contribution >= 4 is 11.8 Å². The van der Waals surface area contributed by atoms with E-state index >= 15 is 0 Å². The zero-order chi connectivity index (χ0) is 15.0. The first-order valence-electron chi connectivity index (χ1n) is 7.70. The Kier molecular flexibility index (Phi) is 3.57. The van der Waals surface area contributed by atoms with Crippen LogP contribution in [0.25, 0.3) is 0 Å². The summed E-state index contributed by atoms with van der Waals surface area (Å²) < 4.78 is 0. The van der Waals surface area contributed by atoms with Gasteiger partial charge in [-0.05, 0) is 37.8 Å². The molecule has 0 bridgehead atoms. The Hall–Kier alpha value is -1.68. The highest BCUT2D eigenvalue weighted by molar-refractivity contribution is 6.09. The lowest BCUT2D eigenvalue weighted by Crippen LogP contribution is -2.46. The normalized spacial score (nSPS) is 33.0. The first-order chi connectivity index (χ1) is 10.1. The predicted octanol–water partition coefficient (Wildman–Crippen LogP) is 1.83. The van der Waals surface area contributed by atoms with Gasteiger partial charge in [-0.3, -0.25) is 14.5 Å². The molecule has 21 heavy (non-hydrogen) atoms. The summed E-state index contributed by atoms with van der Waals surface area (Å²) in [5.74, 6) is 0.164. The van der Waals surface area contributed by atoms with E-state index in [9.17, 15) is 9.59 Å². The molecule has 1 aliphatic carbocycles. The zero-order valence-electron chi connectivity index (χ0n) is 12.4. The molecule has 3 rings (SSSR count). The van der Waals surface area contributed by atoms with Crippen LogP contribution in [-0.4, -0.2) is 29.3 Å². The molecular formula is C17H22N2O2. The Balaban J connectivity index is 1.92. The highest BCUT2D eigenvalue weighted by Crippen LogP contribution is 2.41. The molecule has 3 unspecified atom stereocenters. The standard InChI is InChI=1S/C17H22N2O2/c1-17(13-7-3-2-4-8-13)10-15(20)19(16(17)21)14-9-5-6-12(14)11-18/h2-4,7-8,12,14H,5-6,9-11,18H2,1H3. The van der Waals surface area contributed by atoms with Gasteiger partial charge in [0.25, 0.3) is 0 Å². The summed E-state index contributed by atoms with van der Waals surface area (Å²) in [7, 11) is 0. The van der Waals surface area contributed by atoms with Crippen LogP contribution in [-0.2, 0) is 15.0 Å². The first kappa shape index (κ1) is 14.3. The number of carbonyl (C=O) groups is 2. The molecule has 2 aliphatic rings. The smallest absolute Gasteiger partial charge is 0.240 e. The molecule has 2 N–H and O–H groups in total. The number of carbonyl (C=O) groups excluding carboxylic acids is 2. The van der Waals surface area contributed by atoms with Crippen molar-refractivity contribution in [3.05, 3.63) is 35.9 Å². The summed E-state index contributed by atoms with van der Waals surface area (Å²) in [5.41, 5.74) is 6.01. The summed E-state index contributed by atoms with van der Waals surface area (Å²) in [5, 5.41) is 0. The van der Waals surface area contributed by atoms with Gasteiger partial charge in [0.1, 0.15) is 0 Å². The Labute approximate surface area is 125 Å². The fourth-order valence-corrected chi connectivity index (χ4v) is 3.84. The lowest BCUT2D eigenvalue weighted by atomic mass is 9.81. The molecule has 0 radical (unpaired) electrons. The average molecular weight is 286 g/mol. The topological polar surface area (TPSA) is 63.4 Å². The number of amides is 2. The van der Waals surface area contributed by atoms with Crippen LogP contribution in [0.5, 0.6) is 0 Å². The highest BCUT2D eigenvalue weighted by Gasteiger charge is 2.52. The Morgan fingerprint density at radius 1 is 1.24 bits per heavy atom. The van der Waals surface area contributed by atoms with Gasteiger partial charge in [-0.15, -0.1) is 0 Å². The van der Waals surface area contributed by atoms with E-state index in [0.29, 0.717) is 6.54 Å². The minimum Gasteiger partial charge on any atom is -0.330 e. The maximum absolute atomic E-state index is 13.0. The minimum atomic E-state index is -0.722. The van der Waals surface area contributed by atoms with Crippen molar-refractivity contribution in [2.75, 3.05) is 6.54 Å². The largest absolute Gasteiger partial charge is 0.330 e. The summed E-state index contributed by atoms with van der Waals surface area (Å²) in [6.45, 7) is 2.43. The van der Waals surface area contributed by atoms with Crippen LogP contribution in [0.15, 0.2) is 30.3 Å². The van der Waals surface area contributed by atoms with Gasteiger partial charge in [-0.25, -0.2) is 0 Å². The second-order valence-electron chi connectivity index (χ2n) is 6.44. The summed E-state index contributed by atoms with van der Waals surface area (Å²) in [4.78, 5) is 27.0. The minimum absolute atomic E-state index is 0.000497. The summed E-state index contributed by atoms with van der Waals surface area (Å²) in [6, 6.07) is 9.62. The molecule has 0 spiro atoms. The zero-order valence-corrected chi connectivity index (χ0v) is 12.4. The van der Waals surface area contributed by atoms with Crippen LogP contribution in [0.1, 0.15) is 38.2 Å². The second kappa shape index (κ2) is 5.26. The van der Waals surface area contributed by atoms with Gasteiger partial charge in [-0.1, -0.05) is 36.8 Å². The van der Waals surface area contributed by atoms with Gasteiger partial charge in [0.05, 0.1) is 5.41 Å². The van der Waals surface area contributed by atoms with Crippen molar-refractivity contribution in [3.63, 3.8) is 0 Å². The molecule has 1 heterocycles. The van der Waals surface area contributed by atoms with Crippen LogP contribution in [0.2, 0.25) is 0 Å². The first-order valence-corrected chi connectivity index (χ1v) is 7.70. The molecule has 2 amide bonds. The lowest BCUT2D eigenvalue weighted by Gasteiger charge is -2.29. The van der Waals surface area contributed by atoms with Crippen molar-refractivity contribution in [2.24, 2.45) is 11.7 Å². The van der Waals surface area contributed by atoms with E-state index in [1.807, 2.05) is 37.3 Å². The number of rotatable bonds is 3. The Morgan fingerprint density at radius 3 is 2.62 bits per heavy atom. The van der Waals surface area contributed by atoms with Crippen molar-refractivity contribution in [2.45, 2.75) is 44.1 Å². The van der Waals surface area contributed by atoms with Crippen LogP contribution in [0, 0.1) is 5.92 Å². The number of imide groups is 1. The number of hydrogen-bond acceptors (Lipinski definition) is 3. The third kappa shape index (κ3) is 2.18. The summed E-state index contributed by atoms with van der Waals surface area (Å²) >= 11 is 0. The average Bonchev–Trinajstić information content (AvgIpc) is 3.04. The maximum Gasteiger partial charge on any atom is 0.240 e. The fraction of sp³-hybridized carbons (Fsp3) is 0.529. The van der Waals surface area contributed by atoms with Crippen LogP contribution in [0.4, 0.5) is 0 Å². The van der Waals surface area contributed by atoms with Gasteiger partial charge in [0.2, 0.25) is 11.8 Å². The quantitative estimate of drug-likeness (QED) is 0.862. The number of nitrogens with two attached hydrogens (primary N) is 1. The number of likely N-dealkylation sites (tertiary alicyclic amines) is 1. The van der Waals surface area contributed by atoms with Gasteiger partial charge < -0.3 is 5.73 Å². The second-order valence-corrected chi connectivity index (χ2v) is 6.44. The molecule has 0 aromatic heterocycles. The third-order valence-electron chi connectivity index (χ3n) is 5.13. The van der Waals surface area contributed by atoms with E-state index < -0.39 is 5.41 Å². The van der Waals surface area contributed by atoms with Crippen molar-refractivity contribution in [1.29, 1.82) is 0 Å². The van der Waals surface area contributed by atoms with Crippen LogP contribution < -0.4 is 5.73 Å². The molecule has 1 saturated heterocycles. The molecule has 4 heteroatoms. The van der Waals surface area contributed by atoms with Gasteiger partial charge >= 0.3 is 0 Å². The molecule has 2 fully saturated rings. The Morgan fingerprint density at radius 2 is 1.95 bits per heavy atom. The maximum atomic E-state index is 13.0. The lowest BCUT2D eigenvalue weighted by molar-refractivity contribution is -0.143. The van der Waals surface area contributed by atoms with Crippen molar-refractivity contribution in [3.8, 4) is 0 Å². The third-order valence-corrected chi connectivity index (χ3v) is 5.13. The molecule has 112 valence electrons. The van der Waals surface area contributed by atoms with E-state index in [-0.39, 0.29) is 30.2 Å². The molecule has 1 aromatic carbocycles. The van der Waals surface area contributed by atoms with E-state index in [2.05, 4.69) is 0 Å². The van der Waals surface area contributed by atoms with Crippen molar-refractivity contribution < 1.29 is 9.59 Å². The van der Waals surface area contributed by atoms with Crippen molar-refractivity contribution in [1.82, 2.24) is 4.90 Å². The Bertz CT molecular complexity index is 557.